The summed E-state index contributed by atoms with van der Waals surface area (Å²) in [7, 11) is 0. The van der Waals surface area contributed by atoms with Crippen molar-refractivity contribution in [1.82, 2.24) is 4.98 Å². The van der Waals surface area contributed by atoms with Crippen LogP contribution in [0.3, 0.4) is 0 Å². The van der Waals surface area contributed by atoms with Gasteiger partial charge in [0.25, 0.3) is 0 Å². The number of pyridine rings is 1. The van der Waals surface area contributed by atoms with E-state index in [9.17, 15) is 0 Å². The van der Waals surface area contributed by atoms with Gasteiger partial charge in [0.1, 0.15) is 0 Å². The minimum Gasteiger partial charge on any atom is -0.323 e. The van der Waals surface area contributed by atoms with Gasteiger partial charge in [-0.1, -0.05) is 39.0 Å². The molecule has 2 rings (SSSR count). The Kier molecular flexibility index (Phi) is 2.68. The van der Waals surface area contributed by atoms with Gasteiger partial charge in [-0.05, 0) is 22.4 Å². The van der Waals surface area contributed by atoms with E-state index in [1.807, 2.05) is 24.5 Å². The van der Waals surface area contributed by atoms with Gasteiger partial charge in [-0.3, -0.25) is 4.98 Å². The Morgan fingerprint density at radius 1 is 1.19 bits per heavy atom. The van der Waals surface area contributed by atoms with Crippen molar-refractivity contribution >= 4 is 10.8 Å². The molecule has 0 aliphatic carbocycles. The molecule has 0 saturated carbocycles. The standard InChI is InChI=1S/C14H18N2/c1-14(2,3)13(15)12-6-4-5-10-9-16-8-7-11(10)12/h4-9,13H,15H2,1-3H3. The Balaban J connectivity index is 2.61. The van der Waals surface area contributed by atoms with Gasteiger partial charge >= 0.3 is 0 Å². The monoisotopic (exact) mass is 214 g/mol. The predicted molar refractivity (Wildman–Crippen MR) is 68.1 cm³/mol. The van der Waals surface area contributed by atoms with Crippen LogP contribution in [0.1, 0.15) is 32.4 Å². The average molecular weight is 214 g/mol. The quantitative estimate of drug-likeness (QED) is 0.791. The molecular weight excluding hydrogens is 196 g/mol. The minimum atomic E-state index is 0.0404. The second-order valence-electron chi connectivity index (χ2n) is 5.29. The number of nitrogens with zero attached hydrogens (tertiary/aromatic N) is 1. The van der Waals surface area contributed by atoms with Gasteiger partial charge in [0.15, 0.2) is 0 Å². The number of aromatic nitrogens is 1. The van der Waals surface area contributed by atoms with Crippen molar-refractivity contribution in [3.8, 4) is 0 Å². The van der Waals surface area contributed by atoms with Crippen LogP contribution in [0.4, 0.5) is 0 Å². The van der Waals surface area contributed by atoms with Gasteiger partial charge in [0.05, 0.1) is 0 Å². The summed E-state index contributed by atoms with van der Waals surface area (Å²) in [5.41, 5.74) is 7.59. The summed E-state index contributed by atoms with van der Waals surface area (Å²) >= 11 is 0. The van der Waals surface area contributed by atoms with Crippen molar-refractivity contribution < 1.29 is 0 Å². The summed E-state index contributed by atoms with van der Waals surface area (Å²) in [6.07, 6.45) is 3.70. The molecule has 1 unspecified atom stereocenters. The molecule has 0 aliphatic heterocycles. The van der Waals surface area contributed by atoms with E-state index in [2.05, 4.69) is 37.9 Å². The fraction of sp³-hybridized carbons (Fsp3) is 0.357. The van der Waals surface area contributed by atoms with E-state index >= 15 is 0 Å². The molecule has 0 radical (unpaired) electrons. The maximum Gasteiger partial charge on any atom is 0.0350 e. The maximum absolute atomic E-state index is 6.32. The van der Waals surface area contributed by atoms with Crippen molar-refractivity contribution in [3.63, 3.8) is 0 Å². The smallest absolute Gasteiger partial charge is 0.0350 e. The third-order valence-electron chi connectivity index (χ3n) is 2.98. The molecule has 1 heterocycles. The second-order valence-corrected chi connectivity index (χ2v) is 5.29. The Hall–Kier alpha value is -1.41. The van der Waals surface area contributed by atoms with E-state index in [-0.39, 0.29) is 11.5 Å². The molecule has 2 N–H and O–H groups in total. The first-order valence-corrected chi connectivity index (χ1v) is 5.58. The molecule has 0 aliphatic rings. The lowest BCUT2D eigenvalue weighted by Gasteiger charge is -2.28. The molecule has 1 atom stereocenters. The summed E-state index contributed by atoms with van der Waals surface area (Å²) in [5, 5.41) is 2.36. The number of hydrogen-bond donors (Lipinski definition) is 1. The lowest BCUT2D eigenvalue weighted by Crippen LogP contribution is -2.26. The molecule has 1 aromatic carbocycles. The summed E-state index contributed by atoms with van der Waals surface area (Å²) in [5.74, 6) is 0. The van der Waals surface area contributed by atoms with E-state index in [1.54, 1.807) is 0 Å². The van der Waals surface area contributed by atoms with Crippen LogP contribution in [0.15, 0.2) is 36.7 Å². The van der Waals surface area contributed by atoms with E-state index < -0.39 is 0 Å². The molecular formula is C14H18N2. The van der Waals surface area contributed by atoms with Crippen LogP contribution in [-0.4, -0.2) is 4.98 Å². The molecule has 2 heteroatoms. The number of fused-ring (bicyclic) bond motifs is 1. The van der Waals surface area contributed by atoms with Crippen molar-refractivity contribution in [2.75, 3.05) is 0 Å². The number of nitrogens with two attached hydrogens (primary N) is 1. The fourth-order valence-electron chi connectivity index (χ4n) is 1.89. The normalized spacial score (nSPS) is 14.0. The largest absolute Gasteiger partial charge is 0.323 e. The summed E-state index contributed by atoms with van der Waals surface area (Å²) in [6, 6.07) is 8.30. The topological polar surface area (TPSA) is 38.9 Å². The van der Waals surface area contributed by atoms with Crippen LogP contribution < -0.4 is 5.73 Å². The van der Waals surface area contributed by atoms with Crippen LogP contribution in [0.2, 0.25) is 0 Å². The van der Waals surface area contributed by atoms with Crippen LogP contribution in [0.25, 0.3) is 10.8 Å². The van der Waals surface area contributed by atoms with Gasteiger partial charge < -0.3 is 5.73 Å². The first-order valence-electron chi connectivity index (χ1n) is 5.58. The van der Waals surface area contributed by atoms with Gasteiger partial charge in [-0.25, -0.2) is 0 Å². The minimum absolute atomic E-state index is 0.0404. The molecule has 2 aromatic rings. The molecule has 0 amide bonds. The molecule has 84 valence electrons. The third kappa shape index (κ3) is 1.93. The highest BCUT2D eigenvalue weighted by Gasteiger charge is 2.23. The second kappa shape index (κ2) is 3.87. The molecule has 0 spiro atoms. The number of benzene rings is 1. The summed E-state index contributed by atoms with van der Waals surface area (Å²) in [4.78, 5) is 4.13. The highest BCUT2D eigenvalue weighted by atomic mass is 14.7. The molecule has 2 nitrogen and oxygen atoms in total. The summed E-state index contributed by atoms with van der Waals surface area (Å²) in [6.45, 7) is 6.49. The van der Waals surface area contributed by atoms with E-state index in [1.165, 1.54) is 10.9 Å². The number of rotatable bonds is 1. The van der Waals surface area contributed by atoms with Gasteiger partial charge in [-0.15, -0.1) is 0 Å². The van der Waals surface area contributed by atoms with Crippen LogP contribution in [-0.2, 0) is 0 Å². The maximum atomic E-state index is 6.32. The predicted octanol–water partition coefficient (Wildman–Crippen LogP) is 3.28. The number of hydrogen-bond acceptors (Lipinski definition) is 2. The Morgan fingerprint density at radius 3 is 2.62 bits per heavy atom. The molecule has 0 bridgehead atoms. The van der Waals surface area contributed by atoms with E-state index in [4.69, 9.17) is 5.73 Å². The van der Waals surface area contributed by atoms with Crippen molar-refractivity contribution in [1.29, 1.82) is 0 Å². The highest BCUT2D eigenvalue weighted by molar-refractivity contribution is 5.85. The zero-order valence-electron chi connectivity index (χ0n) is 10.1. The van der Waals surface area contributed by atoms with E-state index in [0.717, 1.165) is 5.39 Å². The SMILES string of the molecule is CC(C)(C)C(N)c1cccc2cnccc12. The van der Waals surface area contributed by atoms with Crippen molar-refractivity contribution in [3.05, 3.63) is 42.2 Å². The van der Waals surface area contributed by atoms with Gasteiger partial charge in [0.2, 0.25) is 0 Å². The lowest BCUT2D eigenvalue weighted by molar-refractivity contribution is 0.328. The van der Waals surface area contributed by atoms with Crippen molar-refractivity contribution in [2.45, 2.75) is 26.8 Å². The van der Waals surface area contributed by atoms with E-state index in [0.29, 0.717) is 0 Å². The first kappa shape index (κ1) is 11.1. The molecule has 16 heavy (non-hydrogen) atoms. The van der Waals surface area contributed by atoms with Crippen LogP contribution >= 0.6 is 0 Å². The van der Waals surface area contributed by atoms with Crippen LogP contribution in [0.5, 0.6) is 0 Å². The Bertz CT molecular complexity index is 492. The Labute approximate surface area is 96.5 Å². The molecule has 0 saturated heterocycles. The average Bonchev–Trinajstić information content (AvgIpc) is 2.26. The van der Waals surface area contributed by atoms with Crippen molar-refractivity contribution in [2.24, 2.45) is 11.1 Å². The molecule has 0 fully saturated rings. The summed E-state index contributed by atoms with van der Waals surface area (Å²) < 4.78 is 0. The highest BCUT2D eigenvalue weighted by Crippen LogP contribution is 2.33. The zero-order chi connectivity index (χ0) is 11.8. The third-order valence-corrected chi connectivity index (χ3v) is 2.98. The zero-order valence-corrected chi connectivity index (χ0v) is 10.1. The van der Waals surface area contributed by atoms with Crippen LogP contribution in [0, 0.1) is 5.41 Å². The molecule has 1 aromatic heterocycles. The van der Waals surface area contributed by atoms with Gasteiger partial charge in [0, 0.05) is 23.8 Å². The lowest BCUT2D eigenvalue weighted by atomic mass is 9.81. The van der Waals surface area contributed by atoms with Gasteiger partial charge in [-0.2, -0.15) is 0 Å². The fourth-order valence-corrected chi connectivity index (χ4v) is 1.89. The Morgan fingerprint density at radius 2 is 1.94 bits per heavy atom. The first-order chi connectivity index (χ1) is 7.50.